The van der Waals surface area contributed by atoms with Gasteiger partial charge in [0.05, 0.1) is 24.2 Å². The fraction of sp³-hybridized carbons (Fsp3) is 0. The summed E-state index contributed by atoms with van der Waals surface area (Å²) in [5.41, 5.74) is -0.277. The summed E-state index contributed by atoms with van der Waals surface area (Å²) in [5, 5.41) is 38.0. The van der Waals surface area contributed by atoms with E-state index in [1.807, 2.05) is 0 Å². The minimum atomic E-state index is -0.238. The van der Waals surface area contributed by atoms with Gasteiger partial charge in [-0.05, 0) is 10.8 Å². The minimum absolute atomic E-state index is 0.0601. The van der Waals surface area contributed by atoms with Gasteiger partial charge in [-0.2, -0.15) is 21.0 Å². The van der Waals surface area contributed by atoms with Crippen LogP contribution in [0, 0.1) is 58.5 Å². The van der Waals surface area contributed by atoms with Crippen LogP contribution in [0.1, 0.15) is 22.8 Å². The molecule has 0 aliphatic rings. The maximum atomic E-state index is 9.33. The third-order valence-electron chi connectivity index (χ3n) is 4.31. The first-order valence-corrected chi connectivity index (χ1v) is 7.98. The molecule has 30 heavy (non-hydrogen) atoms. The second kappa shape index (κ2) is 6.49. The van der Waals surface area contributed by atoms with Crippen LogP contribution in [0.5, 0.6) is 0 Å². The van der Waals surface area contributed by atoms with Crippen molar-refractivity contribution in [1.82, 2.24) is 19.9 Å². The van der Waals surface area contributed by atoms with Gasteiger partial charge in [0.15, 0.2) is 34.2 Å². The number of hydrogen-bond donors (Lipinski definition) is 0. The third kappa shape index (κ3) is 2.31. The number of fused-ring (bicyclic) bond motifs is 6. The number of hydrogen-bond acceptors (Lipinski definition) is 8. The Hall–Kier alpha value is -5.68. The molecule has 2 heterocycles. The number of benzene rings is 2. The van der Waals surface area contributed by atoms with Crippen LogP contribution in [-0.2, 0) is 0 Å². The second-order valence-corrected chi connectivity index (χ2v) is 5.79. The molecule has 0 unspecified atom stereocenters. The Labute approximate surface area is 167 Å². The Morgan fingerprint density at radius 3 is 1.13 bits per heavy atom. The highest BCUT2D eigenvalue weighted by Crippen LogP contribution is 2.39. The molecule has 0 aliphatic carbocycles. The van der Waals surface area contributed by atoms with Gasteiger partial charge >= 0.3 is 0 Å². The average Bonchev–Trinajstić information content (AvgIpc) is 2.81. The van der Waals surface area contributed by atoms with Crippen LogP contribution in [0.4, 0.5) is 11.4 Å². The molecule has 0 spiro atoms. The fourth-order valence-corrected chi connectivity index (χ4v) is 3.04. The summed E-state index contributed by atoms with van der Waals surface area (Å²) in [4.78, 5) is 23.6. The Morgan fingerprint density at radius 1 is 0.567 bits per heavy atom. The van der Waals surface area contributed by atoms with Crippen molar-refractivity contribution in [2.24, 2.45) is 0 Å². The molecule has 10 nitrogen and oxygen atoms in total. The lowest BCUT2D eigenvalue weighted by atomic mass is 10.0. The molecular formula is C20H2N10. The zero-order valence-electron chi connectivity index (χ0n) is 14.6. The van der Waals surface area contributed by atoms with Crippen molar-refractivity contribution in [3.05, 3.63) is 57.7 Å². The molecule has 0 bridgehead atoms. The molecule has 4 aromatic rings. The molecule has 2 aromatic carbocycles. The van der Waals surface area contributed by atoms with E-state index >= 15 is 0 Å². The Balaban J connectivity index is 2.42. The van der Waals surface area contributed by atoms with Gasteiger partial charge in [-0.1, -0.05) is 12.1 Å². The van der Waals surface area contributed by atoms with E-state index in [-0.39, 0.29) is 56.2 Å². The van der Waals surface area contributed by atoms with Gasteiger partial charge in [-0.3, -0.25) is 9.69 Å². The molecule has 0 fully saturated rings. The summed E-state index contributed by atoms with van der Waals surface area (Å²) in [6.45, 7) is 14.7. The van der Waals surface area contributed by atoms with Crippen molar-refractivity contribution in [3.8, 4) is 24.3 Å². The lowest BCUT2D eigenvalue weighted by molar-refractivity contribution is 1.18. The van der Waals surface area contributed by atoms with Crippen LogP contribution in [0.3, 0.4) is 0 Å². The lowest BCUT2D eigenvalue weighted by Crippen LogP contribution is -2.02. The van der Waals surface area contributed by atoms with Gasteiger partial charge in [0, 0.05) is 0 Å². The summed E-state index contributed by atoms with van der Waals surface area (Å²) in [5.74, 6) is 0. The average molecular weight is 382 g/mol. The zero-order chi connectivity index (χ0) is 21.4. The van der Waals surface area contributed by atoms with E-state index in [4.69, 9.17) is 13.1 Å². The first-order valence-electron chi connectivity index (χ1n) is 7.98. The maximum absolute atomic E-state index is 9.33. The Morgan fingerprint density at radius 2 is 0.867 bits per heavy atom. The molecule has 0 N–H and O–H groups in total. The molecule has 0 saturated carbocycles. The van der Waals surface area contributed by atoms with E-state index in [0.29, 0.717) is 10.8 Å². The van der Waals surface area contributed by atoms with Gasteiger partial charge in [0.2, 0.25) is 0 Å². The molecule has 10 heteroatoms. The first-order chi connectivity index (χ1) is 14.6. The van der Waals surface area contributed by atoms with Gasteiger partial charge in [-0.25, -0.2) is 19.9 Å². The van der Waals surface area contributed by atoms with Crippen LogP contribution in [-0.4, -0.2) is 19.9 Å². The SMILES string of the molecule is [C-]#[N+]c1cc2c(cc1[N+]#[C-])c1nc(C#N)c(C#N)nc1c1nc(C#N)c(C#N)nc21. The molecule has 4 rings (SSSR count). The van der Waals surface area contributed by atoms with Gasteiger partial charge in [0.25, 0.3) is 0 Å². The summed E-state index contributed by atoms with van der Waals surface area (Å²) in [6, 6.07) is 10.0. The molecule has 0 saturated heterocycles. The normalized spacial score (nSPS) is 9.80. The molecule has 0 radical (unpaired) electrons. The molecule has 0 aliphatic heterocycles. The molecule has 132 valence electrons. The van der Waals surface area contributed by atoms with Crippen molar-refractivity contribution in [1.29, 1.82) is 21.0 Å². The Kier molecular flexibility index (Phi) is 3.83. The van der Waals surface area contributed by atoms with E-state index in [0.717, 1.165) is 0 Å². The van der Waals surface area contributed by atoms with Crippen LogP contribution in [0.25, 0.3) is 42.5 Å². The third-order valence-corrected chi connectivity index (χ3v) is 4.31. The topological polar surface area (TPSA) is 155 Å². The van der Waals surface area contributed by atoms with Crippen LogP contribution >= 0.6 is 0 Å². The standard InChI is InChI=1S/C20H2N10/c1-25-11-3-9-10(4-12(11)26-2)18-20(30-16(8-24)14(6-22)28-18)19-17(9)27-13(5-21)15(7-23)29-19/h3-4H. The monoisotopic (exact) mass is 382 g/mol. The highest BCUT2D eigenvalue weighted by Gasteiger charge is 2.20. The summed E-state index contributed by atoms with van der Waals surface area (Å²) >= 11 is 0. The maximum Gasteiger partial charge on any atom is 0.195 e. The van der Waals surface area contributed by atoms with Crippen molar-refractivity contribution in [3.63, 3.8) is 0 Å². The molecule has 0 amide bonds. The summed E-state index contributed by atoms with van der Waals surface area (Å²) in [7, 11) is 0. The minimum Gasteiger partial charge on any atom is -0.250 e. The predicted molar refractivity (Wildman–Crippen MR) is 102 cm³/mol. The van der Waals surface area contributed by atoms with Gasteiger partial charge in [-0.15, -0.1) is 0 Å². The van der Waals surface area contributed by atoms with E-state index in [1.165, 1.54) is 12.1 Å². The van der Waals surface area contributed by atoms with Crippen LogP contribution in [0.15, 0.2) is 12.1 Å². The Bertz CT molecular complexity index is 1350. The number of aromatic nitrogens is 4. The highest BCUT2D eigenvalue weighted by molar-refractivity contribution is 6.22. The van der Waals surface area contributed by atoms with E-state index in [2.05, 4.69) is 29.6 Å². The smallest absolute Gasteiger partial charge is 0.195 e. The molecule has 2 aromatic heterocycles. The second-order valence-electron chi connectivity index (χ2n) is 5.79. The van der Waals surface area contributed by atoms with E-state index in [9.17, 15) is 21.0 Å². The first kappa shape index (κ1) is 17.7. The summed E-state index contributed by atoms with van der Waals surface area (Å²) in [6.07, 6.45) is 0. The van der Waals surface area contributed by atoms with Gasteiger partial charge in [0.1, 0.15) is 35.3 Å². The lowest BCUT2D eigenvalue weighted by Gasteiger charge is -2.10. The number of rotatable bonds is 0. The van der Waals surface area contributed by atoms with Crippen molar-refractivity contribution in [2.45, 2.75) is 0 Å². The fourth-order valence-electron chi connectivity index (χ4n) is 3.04. The number of nitriles is 4. The van der Waals surface area contributed by atoms with E-state index < -0.39 is 0 Å². The molecular weight excluding hydrogens is 380 g/mol. The zero-order valence-corrected chi connectivity index (χ0v) is 14.6. The van der Waals surface area contributed by atoms with Crippen LogP contribution in [0.2, 0.25) is 0 Å². The predicted octanol–water partition coefficient (Wildman–Crippen LogP) is 3.31. The van der Waals surface area contributed by atoms with Crippen molar-refractivity contribution in [2.75, 3.05) is 0 Å². The van der Waals surface area contributed by atoms with Crippen molar-refractivity contribution >= 4 is 44.2 Å². The van der Waals surface area contributed by atoms with E-state index in [1.54, 1.807) is 24.3 Å². The van der Waals surface area contributed by atoms with Crippen molar-refractivity contribution < 1.29 is 0 Å². The highest BCUT2D eigenvalue weighted by atomic mass is 14.9. The van der Waals surface area contributed by atoms with Gasteiger partial charge < -0.3 is 0 Å². The molecule has 0 atom stereocenters. The number of nitrogens with zero attached hydrogens (tertiary/aromatic N) is 10. The largest absolute Gasteiger partial charge is 0.250 e. The van der Waals surface area contributed by atoms with Crippen LogP contribution < -0.4 is 0 Å². The summed E-state index contributed by atoms with van der Waals surface area (Å²) < 4.78 is 0. The quantitative estimate of drug-likeness (QED) is 0.331.